The first-order valence-electron chi connectivity index (χ1n) is 7.52. The summed E-state index contributed by atoms with van der Waals surface area (Å²) in [5.41, 5.74) is 0.893. The van der Waals surface area contributed by atoms with Gasteiger partial charge in [0.2, 0.25) is 5.91 Å². The van der Waals surface area contributed by atoms with Gasteiger partial charge in [-0.25, -0.2) is 4.98 Å². The molecular weight excluding hydrogens is 413 g/mol. The van der Waals surface area contributed by atoms with Gasteiger partial charge in [0, 0.05) is 17.5 Å². The van der Waals surface area contributed by atoms with E-state index >= 15 is 0 Å². The van der Waals surface area contributed by atoms with Gasteiger partial charge in [0.05, 0.1) is 21.5 Å². The Labute approximate surface area is 168 Å². The molecule has 0 saturated heterocycles. The van der Waals surface area contributed by atoms with Crippen LogP contribution in [-0.2, 0) is 11.2 Å². The zero-order chi connectivity index (χ0) is 18.5. The number of hydrogen-bond donors (Lipinski definition) is 2. The maximum atomic E-state index is 12.0. The molecule has 0 fully saturated rings. The van der Waals surface area contributed by atoms with Crippen molar-refractivity contribution in [3.05, 3.63) is 67.3 Å². The maximum absolute atomic E-state index is 12.0. The highest BCUT2D eigenvalue weighted by Crippen LogP contribution is 2.29. The van der Waals surface area contributed by atoms with Crippen LogP contribution in [0.4, 0.5) is 5.13 Å². The molecule has 0 spiro atoms. The van der Waals surface area contributed by atoms with E-state index < -0.39 is 0 Å². The number of hydrogen-bond acceptors (Lipinski definition) is 5. The van der Waals surface area contributed by atoms with E-state index in [2.05, 4.69) is 15.6 Å². The van der Waals surface area contributed by atoms with Crippen molar-refractivity contribution in [3.63, 3.8) is 0 Å². The predicted octanol–water partition coefficient (Wildman–Crippen LogP) is 4.47. The van der Waals surface area contributed by atoms with Gasteiger partial charge in [0.15, 0.2) is 5.13 Å². The second-order valence-corrected chi connectivity index (χ2v) is 8.08. The minimum Gasteiger partial charge on any atom is -0.342 e. The molecule has 5 nitrogen and oxygen atoms in total. The molecule has 0 bridgehead atoms. The number of thiazole rings is 1. The zero-order valence-corrected chi connectivity index (χ0v) is 16.4. The van der Waals surface area contributed by atoms with Gasteiger partial charge in [-0.05, 0) is 23.1 Å². The highest BCUT2D eigenvalue weighted by molar-refractivity contribution is 7.15. The smallest absolute Gasteiger partial charge is 0.261 e. The van der Waals surface area contributed by atoms with Gasteiger partial charge in [0.1, 0.15) is 0 Å². The molecule has 0 saturated carbocycles. The van der Waals surface area contributed by atoms with Crippen molar-refractivity contribution in [1.29, 1.82) is 0 Å². The molecule has 1 aromatic carbocycles. The summed E-state index contributed by atoms with van der Waals surface area (Å²) in [5.74, 6) is -0.609. The summed E-state index contributed by atoms with van der Waals surface area (Å²) in [4.78, 5) is 29.5. The van der Waals surface area contributed by atoms with Crippen molar-refractivity contribution < 1.29 is 9.59 Å². The monoisotopic (exact) mass is 425 g/mol. The first kappa shape index (κ1) is 18.8. The third-order valence-corrected chi connectivity index (χ3v) is 5.99. The van der Waals surface area contributed by atoms with Crippen LogP contribution in [0, 0.1) is 0 Å². The van der Waals surface area contributed by atoms with Crippen molar-refractivity contribution in [2.24, 2.45) is 0 Å². The fraction of sp³-hybridized carbons (Fsp3) is 0.118. The van der Waals surface area contributed by atoms with Gasteiger partial charge in [-0.1, -0.05) is 41.4 Å². The van der Waals surface area contributed by atoms with Gasteiger partial charge >= 0.3 is 0 Å². The van der Waals surface area contributed by atoms with Gasteiger partial charge in [-0.3, -0.25) is 9.59 Å². The summed E-state index contributed by atoms with van der Waals surface area (Å²) < 4.78 is 0. The number of carbonyl (C=O) groups excluding carboxylic acids is 2. The van der Waals surface area contributed by atoms with E-state index in [1.54, 1.807) is 29.8 Å². The number of nitrogens with one attached hydrogen (secondary N) is 2. The first-order chi connectivity index (χ1) is 12.5. The summed E-state index contributed by atoms with van der Waals surface area (Å²) in [7, 11) is 0. The largest absolute Gasteiger partial charge is 0.342 e. The van der Waals surface area contributed by atoms with E-state index in [1.165, 1.54) is 22.7 Å². The fourth-order valence-electron chi connectivity index (χ4n) is 2.14. The molecule has 0 radical (unpaired) electrons. The molecule has 134 valence electrons. The zero-order valence-electron chi connectivity index (χ0n) is 13.3. The van der Waals surface area contributed by atoms with Crippen LogP contribution in [0.25, 0.3) is 0 Å². The van der Waals surface area contributed by atoms with Crippen LogP contribution in [0.15, 0.2) is 41.9 Å². The third kappa shape index (κ3) is 4.82. The SMILES string of the molecule is O=C(CNC(=O)c1cccs1)Nc1ncc(Cc2cccc(Cl)c2Cl)s1. The lowest BCUT2D eigenvalue weighted by atomic mass is 10.1. The minimum atomic E-state index is -0.336. The number of benzene rings is 1. The molecular formula is C17H13Cl2N3O2S2. The molecule has 2 N–H and O–H groups in total. The number of aromatic nitrogens is 1. The highest BCUT2D eigenvalue weighted by atomic mass is 35.5. The first-order valence-corrected chi connectivity index (χ1v) is 9.97. The van der Waals surface area contributed by atoms with Gasteiger partial charge in [-0.15, -0.1) is 22.7 Å². The molecule has 26 heavy (non-hydrogen) atoms. The van der Waals surface area contributed by atoms with Crippen LogP contribution in [0.1, 0.15) is 20.1 Å². The molecule has 9 heteroatoms. The summed E-state index contributed by atoms with van der Waals surface area (Å²) in [6.07, 6.45) is 2.25. The summed E-state index contributed by atoms with van der Waals surface area (Å²) in [6, 6.07) is 8.95. The Hall–Kier alpha value is -1.93. The number of nitrogens with zero attached hydrogens (tertiary/aromatic N) is 1. The molecule has 2 amide bonds. The van der Waals surface area contributed by atoms with Gasteiger partial charge < -0.3 is 10.6 Å². The van der Waals surface area contributed by atoms with Gasteiger partial charge in [0.25, 0.3) is 5.91 Å². The van der Waals surface area contributed by atoms with Crippen LogP contribution in [0.3, 0.4) is 0 Å². The quantitative estimate of drug-likeness (QED) is 0.611. The molecule has 0 aliphatic carbocycles. The Morgan fingerprint density at radius 3 is 2.77 bits per heavy atom. The van der Waals surface area contributed by atoms with Gasteiger partial charge in [-0.2, -0.15) is 0 Å². The van der Waals surface area contributed by atoms with E-state index in [4.69, 9.17) is 23.2 Å². The summed E-state index contributed by atoms with van der Waals surface area (Å²) in [6.45, 7) is -0.119. The standard InChI is InChI=1S/C17H13Cl2N3O2S2/c18-12-4-1-3-10(15(12)19)7-11-8-21-17(26-11)22-14(23)9-20-16(24)13-5-2-6-25-13/h1-6,8H,7,9H2,(H,20,24)(H,21,22,23). The fourth-order valence-corrected chi connectivity index (χ4v) is 4.02. The van der Waals surface area contributed by atoms with Crippen molar-refractivity contribution in [1.82, 2.24) is 10.3 Å². The third-order valence-electron chi connectivity index (χ3n) is 3.35. The number of anilines is 1. The van der Waals surface area contributed by atoms with E-state index in [9.17, 15) is 9.59 Å². The van der Waals surface area contributed by atoms with Crippen LogP contribution in [0.5, 0.6) is 0 Å². The molecule has 3 rings (SSSR count). The van der Waals surface area contributed by atoms with E-state index in [0.29, 0.717) is 26.5 Å². The molecule has 2 heterocycles. The van der Waals surface area contributed by atoms with Crippen LogP contribution >= 0.6 is 45.9 Å². The predicted molar refractivity (Wildman–Crippen MR) is 107 cm³/mol. The van der Waals surface area contributed by atoms with Crippen LogP contribution < -0.4 is 10.6 Å². The Kier molecular flexibility index (Phi) is 6.26. The van der Waals surface area contributed by atoms with E-state index in [0.717, 1.165) is 10.4 Å². The Morgan fingerprint density at radius 1 is 1.15 bits per heavy atom. The molecule has 0 aliphatic rings. The van der Waals surface area contributed by atoms with Crippen molar-refractivity contribution in [2.45, 2.75) is 6.42 Å². The van der Waals surface area contributed by atoms with Crippen molar-refractivity contribution >= 4 is 62.8 Å². The lowest BCUT2D eigenvalue weighted by Crippen LogP contribution is -2.32. The van der Waals surface area contributed by atoms with E-state index in [1.807, 2.05) is 12.1 Å². The summed E-state index contributed by atoms with van der Waals surface area (Å²) >= 11 is 14.9. The summed E-state index contributed by atoms with van der Waals surface area (Å²) in [5, 5.41) is 8.53. The average Bonchev–Trinajstić information content (AvgIpc) is 3.29. The number of carbonyl (C=O) groups is 2. The molecule has 0 atom stereocenters. The molecule has 0 unspecified atom stereocenters. The lowest BCUT2D eigenvalue weighted by Gasteiger charge is -2.04. The van der Waals surface area contributed by atoms with Crippen LogP contribution in [-0.4, -0.2) is 23.3 Å². The number of rotatable bonds is 6. The normalized spacial score (nSPS) is 10.5. The molecule has 2 aromatic heterocycles. The minimum absolute atomic E-state index is 0.119. The lowest BCUT2D eigenvalue weighted by molar-refractivity contribution is -0.115. The Morgan fingerprint density at radius 2 is 2.00 bits per heavy atom. The second-order valence-electron chi connectivity index (χ2n) is 5.23. The van der Waals surface area contributed by atoms with E-state index in [-0.39, 0.29) is 18.4 Å². The Bertz CT molecular complexity index is 926. The second kappa shape index (κ2) is 8.64. The molecule has 0 aliphatic heterocycles. The van der Waals surface area contributed by atoms with Crippen molar-refractivity contribution in [2.75, 3.05) is 11.9 Å². The average molecular weight is 426 g/mol. The maximum Gasteiger partial charge on any atom is 0.261 e. The highest BCUT2D eigenvalue weighted by Gasteiger charge is 2.12. The van der Waals surface area contributed by atoms with Crippen molar-refractivity contribution in [3.8, 4) is 0 Å². The number of thiophene rings is 1. The van der Waals surface area contributed by atoms with Crippen LogP contribution in [0.2, 0.25) is 10.0 Å². The topological polar surface area (TPSA) is 71.1 Å². The molecule has 3 aromatic rings. The number of amides is 2. The number of halogens is 2. The Balaban J connectivity index is 1.54.